The van der Waals surface area contributed by atoms with E-state index >= 15 is 0 Å². The molecule has 5 heteroatoms. The van der Waals surface area contributed by atoms with E-state index in [1.807, 2.05) is 0 Å². The average molecular weight is 346 g/mol. The average Bonchev–Trinajstić information content (AvgIpc) is 2.69. The normalized spacial score (nSPS) is 14.5. The number of aryl methyl sites for hydroxylation is 2. The molecule has 26 heavy (non-hydrogen) atoms. The Morgan fingerprint density at radius 2 is 1.15 bits per heavy atom. The zero-order valence-electron chi connectivity index (χ0n) is 15.1. The molecular weight excluding hydrogens is 324 g/mol. The number of morpholine rings is 1. The summed E-state index contributed by atoms with van der Waals surface area (Å²) in [4.78, 5) is 16.4. The Morgan fingerprint density at radius 1 is 0.692 bits per heavy atom. The van der Waals surface area contributed by atoms with Crippen LogP contribution < -0.4 is 4.90 Å². The van der Waals surface area contributed by atoms with Gasteiger partial charge in [-0.2, -0.15) is 9.97 Å². The third kappa shape index (κ3) is 3.58. The molecule has 1 fully saturated rings. The molecule has 0 spiro atoms. The van der Waals surface area contributed by atoms with Crippen molar-refractivity contribution in [3.05, 3.63) is 59.7 Å². The number of benzene rings is 2. The predicted molar refractivity (Wildman–Crippen MR) is 103 cm³/mol. The Kier molecular flexibility index (Phi) is 4.63. The van der Waals surface area contributed by atoms with E-state index in [-0.39, 0.29) is 0 Å². The lowest BCUT2D eigenvalue weighted by atomic mass is 10.1. The van der Waals surface area contributed by atoms with Gasteiger partial charge in [-0.25, -0.2) is 4.98 Å². The fraction of sp³-hybridized carbons (Fsp3) is 0.286. The van der Waals surface area contributed by atoms with Gasteiger partial charge in [0, 0.05) is 24.2 Å². The summed E-state index contributed by atoms with van der Waals surface area (Å²) >= 11 is 0. The van der Waals surface area contributed by atoms with Crippen LogP contribution in [0.3, 0.4) is 0 Å². The van der Waals surface area contributed by atoms with Crippen molar-refractivity contribution in [2.24, 2.45) is 0 Å². The first kappa shape index (κ1) is 16.7. The van der Waals surface area contributed by atoms with Gasteiger partial charge in [0.05, 0.1) is 13.2 Å². The van der Waals surface area contributed by atoms with Crippen molar-refractivity contribution in [3.63, 3.8) is 0 Å². The van der Waals surface area contributed by atoms with Crippen LogP contribution in [0, 0.1) is 13.8 Å². The fourth-order valence-electron chi connectivity index (χ4n) is 2.93. The Labute approximate surface area is 153 Å². The molecule has 1 aliphatic heterocycles. The second kappa shape index (κ2) is 7.22. The summed E-state index contributed by atoms with van der Waals surface area (Å²) in [6.07, 6.45) is 0. The summed E-state index contributed by atoms with van der Waals surface area (Å²) in [6, 6.07) is 16.6. The molecule has 0 bridgehead atoms. The zero-order chi connectivity index (χ0) is 17.9. The molecule has 2 heterocycles. The first-order chi connectivity index (χ1) is 12.7. The molecule has 0 atom stereocenters. The standard InChI is InChI=1S/C21H22N4O/c1-15-3-7-17(8-4-15)19-22-20(18-9-5-16(2)6-10-18)24-21(23-19)25-11-13-26-14-12-25/h3-10H,11-14H2,1-2H3. The van der Waals surface area contributed by atoms with Crippen molar-refractivity contribution in [1.29, 1.82) is 0 Å². The molecule has 4 rings (SSSR count). The summed E-state index contributed by atoms with van der Waals surface area (Å²) in [5.74, 6) is 2.13. The summed E-state index contributed by atoms with van der Waals surface area (Å²) in [5.41, 5.74) is 4.44. The van der Waals surface area contributed by atoms with E-state index in [2.05, 4.69) is 67.3 Å². The van der Waals surface area contributed by atoms with E-state index < -0.39 is 0 Å². The summed E-state index contributed by atoms with van der Waals surface area (Å²) < 4.78 is 5.46. The van der Waals surface area contributed by atoms with Gasteiger partial charge >= 0.3 is 0 Å². The van der Waals surface area contributed by atoms with E-state index in [1.165, 1.54) is 11.1 Å². The van der Waals surface area contributed by atoms with Crippen LogP contribution in [0.4, 0.5) is 5.95 Å². The van der Waals surface area contributed by atoms with Crippen molar-refractivity contribution < 1.29 is 4.74 Å². The van der Waals surface area contributed by atoms with Crippen molar-refractivity contribution in [3.8, 4) is 22.8 Å². The quantitative estimate of drug-likeness (QED) is 0.724. The number of hydrogen-bond acceptors (Lipinski definition) is 5. The summed E-state index contributed by atoms with van der Waals surface area (Å²) in [6.45, 7) is 7.15. The fourth-order valence-corrected chi connectivity index (χ4v) is 2.93. The molecule has 1 aliphatic rings. The van der Waals surface area contributed by atoms with Crippen LogP contribution in [0.15, 0.2) is 48.5 Å². The molecule has 0 aliphatic carbocycles. The lowest BCUT2D eigenvalue weighted by molar-refractivity contribution is 0.122. The van der Waals surface area contributed by atoms with Gasteiger partial charge in [0.1, 0.15) is 0 Å². The van der Waals surface area contributed by atoms with E-state index in [4.69, 9.17) is 19.7 Å². The second-order valence-electron chi connectivity index (χ2n) is 6.61. The highest BCUT2D eigenvalue weighted by Gasteiger charge is 2.17. The first-order valence-corrected chi connectivity index (χ1v) is 8.92. The van der Waals surface area contributed by atoms with Crippen LogP contribution in [0.1, 0.15) is 11.1 Å². The van der Waals surface area contributed by atoms with E-state index in [0.29, 0.717) is 24.9 Å². The maximum absolute atomic E-state index is 5.46. The van der Waals surface area contributed by atoms with Crippen LogP contribution in [0.5, 0.6) is 0 Å². The molecule has 2 aromatic carbocycles. The molecule has 0 unspecified atom stereocenters. The van der Waals surface area contributed by atoms with E-state index in [0.717, 1.165) is 30.2 Å². The van der Waals surface area contributed by atoms with Crippen molar-refractivity contribution in [1.82, 2.24) is 15.0 Å². The number of anilines is 1. The lowest BCUT2D eigenvalue weighted by Crippen LogP contribution is -2.37. The minimum atomic E-state index is 0.700. The largest absolute Gasteiger partial charge is 0.378 e. The van der Waals surface area contributed by atoms with Crippen molar-refractivity contribution in [2.45, 2.75) is 13.8 Å². The van der Waals surface area contributed by atoms with Gasteiger partial charge in [-0.1, -0.05) is 59.7 Å². The summed E-state index contributed by atoms with van der Waals surface area (Å²) in [7, 11) is 0. The predicted octanol–water partition coefficient (Wildman–Crippen LogP) is 3.66. The second-order valence-corrected chi connectivity index (χ2v) is 6.61. The number of ether oxygens (including phenoxy) is 1. The highest BCUT2D eigenvalue weighted by atomic mass is 16.5. The third-order valence-corrected chi connectivity index (χ3v) is 4.54. The topological polar surface area (TPSA) is 51.1 Å². The van der Waals surface area contributed by atoms with Gasteiger partial charge in [-0.3, -0.25) is 0 Å². The SMILES string of the molecule is Cc1ccc(-c2nc(-c3ccc(C)cc3)nc(N3CCOCC3)n2)cc1. The lowest BCUT2D eigenvalue weighted by Gasteiger charge is -2.27. The molecule has 1 aromatic heterocycles. The smallest absolute Gasteiger partial charge is 0.229 e. The van der Waals surface area contributed by atoms with Gasteiger partial charge in [0.2, 0.25) is 5.95 Å². The molecule has 0 radical (unpaired) electrons. The first-order valence-electron chi connectivity index (χ1n) is 8.92. The Balaban J connectivity index is 1.80. The molecular formula is C21H22N4O. The van der Waals surface area contributed by atoms with Crippen LogP contribution >= 0.6 is 0 Å². The van der Waals surface area contributed by atoms with Crippen molar-refractivity contribution >= 4 is 5.95 Å². The van der Waals surface area contributed by atoms with Crippen molar-refractivity contribution in [2.75, 3.05) is 31.2 Å². The van der Waals surface area contributed by atoms with Gasteiger partial charge in [0.25, 0.3) is 0 Å². The van der Waals surface area contributed by atoms with Gasteiger partial charge in [-0.05, 0) is 13.8 Å². The molecule has 3 aromatic rings. The third-order valence-electron chi connectivity index (χ3n) is 4.54. The van der Waals surface area contributed by atoms with Crippen LogP contribution in [0.2, 0.25) is 0 Å². The van der Waals surface area contributed by atoms with E-state index in [1.54, 1.807) is 0 Å². The molecule has 1 saturated heterocycles. The van der Waals surface area contributed by atoms with Crippen LogP contribution in [-0.4, -0.2) is 41.3 Å². The number of aromatic nitrogens is 3. The van der Waals surface area contributed by atoms with Gasteiger partial charge < -0.3 is 9.64 Å². The molecule has 5 nitrogen and oxygen atoms in total. The number of rotatable bonds is 3. The Hall–Kier alpha value is -2.79. The molecule has 0 N–H and O–H groups in total. The minimum Gasteiger partial charge on any atom is -0.378 e. The maximum Gasteiger partial charge on any atom is 0.229 e. The van der Waals surface area contributed by atoms with Gasteiger partial charge in [0.15, 0.2) is 11.6 Å². The number of nitrogens with zero attached hydrogens (tertiary/aromatic N) is 4. The highest BCUT2D eigenvalue weighted by molar-refractivity contribution is 5.63. The minimum absolute atomic E-state index is 0.700. The van der Waals surface area contributed by atoms with Gasteiger partial charge in [-0.15, -0.1) is 0 Å². The molecule has 0 saturated carbocycles. The van der Waals surface area contributed by atoms with Crippen LogP contribution in [0.25, 0.3) is 22.8 Å². The summed E-state index contributed by atoms with van der Waals surface area (Å²) in [5, 5.41) is 0. The molecule has 132 valence electrons. The maximum atomic E-state index is 5.46. The molecule has 0 amide bonds. The number of hydrogen-bond donors (Lipinski definition) is 0. The Bertz CT molecular complexity index is 821. The van der Waals surface area contributed by atoms with Crippen LogP contribution in [-0.2, 0) is 4.74 Å². The monoisotopic (exact) mass is 346 g/mol. The Morgan fingerprint density at radius 3 is 1.62 bits per heavy atom. The highest BCUT2D eigenvalue weighted by Crippen LogP contribution is 2.24. The zero-order valence-corrected chi connectivity index (χ0v) is 15.1. The van der Waals surface area contributed by atoms with E-state index in [9.17, 15) is 0 Å².